The molecule has 0 saturated heterocycles. The second kappa shape index (κ2) is 5.90. The highest BCUT2D eigenvalue weighted by molar-refractivity contribution is 5.97. The largest absolute Gasteiger partial charge is 0.497 e. The molecule has 100 valence electrons. The topological polar surface area (TPSA) is 76.2 Å². The van der Waals surface area contributed by atoms with Crippen LogP contribution in [-0.4, -0.2) is 30.3 Å². The summed E-state index contributed by atoms with van der Waals surface area (Å²) in [6.07, 6.45) is 3.38. The second-order valence-electron chi connectivity index (χ2n) is 3.86. The van der Waals surface area contributed by atoms with Gasteiger partial charge in [0.25, 0.3) is 5.91 Å². The van der Waals surface area contributed by atoms with Crippen LogP contribution in [0, 0.1) is 0 Å². The quantitative estimate of drug-likeness (QED) is 0.852. The molecule has 0 aliphatic carbocycles. The van der Waals surface area contributed by atoms with Crippen LogP contribution in [0.25, 0.3) is 0 Å². The summed E-state index contributed by atoms with van der Waals surface area (Å²) in [6.45, 7) is 0.399. The first kappa shape index (κ1) is 12.9. The van der Waals surface area contributed by atoms with Crippen LogP contribution in [0.15, 0.2) is 30.6 Å². The predicted molar refractivity (Wildman–Crippen MR) is 69.3 cm³/mol. The lowest BCUT2D eigenvalue weighted by molar-refractivity contribution is 0.0947. The Hall–Kier alpha value is -2.50. The third-order valence-electron chi connectivity index (χ3n) is 2.66. The molecule has 2 N–H and O–H groups in total. The van der Waals surface area contributed by atoms with Gasteiger partial charge in [-0.2, -0.15) is 5.10 Å². The van der Waals surface area contributed by atoms with Crippen LogP contribution < -0.4 is 14.8 Å². The molecule has 0 atom stereocenters. The number of hydrogen-bond donors (Lipinski definition) is 2. The van der Waals surface area contributed by atoms with Crippen LogP contribution in [0.1, 0.15) is 15.9 Å². The number of nitrogens with one attached hydrogen (secondary N) is 2. The third kappa shape index (κ3) is 3.04. The van der Waals surface area contributed by atoms with E-state index in [0.29, 0.717) is 23.6 Å². The van der Waals surface area contributed by atoms with Crippen LogP contribution in [0.2, 0.25) is 0 Å². The van der Waals surface area contributed by atoms with Gasteiger partial charge in [-0.25, -0.2) is 0 Å². The Morgan fingerprint density at radius 2 is 2.21 bits per heavy atom. The number of aromatic amines is 1. The van der Waals surface area contributed by atoms with Crippen molar-refractivity contribution >= 4 is 5.91 Å². The lowest BCUT2D eigenvalue weighted by Gasteiger charge is -2.10. The van der Waals surface area contributed by atoms with Crippen molar-refractivity contribution in [2.24, 2.45) is 0 Å². The molecule has 0 radical (unpaired) electrons. The first-order chi connectivity index (χ1) is 9.24. The fourth-order valence-corrected chi connectivity index (χ4v) is 1.64. The molecule has 1 aromatic heterocycles. The van der Waals surface area contributed by atoms with Gasteiger partial charge in [-0.1, -0.05) is 0 Å². The fraction of sp³-hybridized carbons (Fsp3) is 0.231. The average molecular weight is 261 g/mol. The number of hydrogen-bond acceptors (Lipinski definition) is 4. The van der Waals surface area contributed by atoms with E-state index < -0.39 is 0 Å². The van der Waals surface area contributed by atoms with Crippen molar-refractivity contribution in [3.8, 4) is 11.5 Å². The number of aromatic nitrogens is 2. The number of rotatable bonds is 5. The monoisotopic (exact) mass is 261 g/mol. The molecule has 0 bridgehead atoms. The molecule has 1 heterocycles. The molecule has 0 saturated carbocycles. The lowest BCUT2D eigenvalue weighted by atomic mass is 10.1. The van der Waals surface area contributed by atoms with E-state index in [-0.39, 0.29) is 5.91 Å². The fourth-order valence-electron chi connectivity index (χ4n) is 1.64. The van der Waals surface area contributed by atoms with E-state index in [9.17, 15) is 4.79 Å². The zero-order chi connectivity index (χ0) is 13.7. The highest BCUT2D eigenvalue weighted by Crippen LogP contribution is 2.23. The van der Waals surface area contributed by atoms with E-state index >= 15 is 0 Å². The van der Waals surface area contributed by atoms with Gasteiger partial charge in [0.1, 0.15) is 11.5 Å². The van der Waals surface area contributed by atoms with Gasteiger partial charge in [-0.05, 0) is 18.2 Å². The van der Waals surface area contributed by atoms with Crippen LogP contribution in [0.5, 0.6) is 11.5 Å². The molecule has 0 unspecified atom stereocenters. The summed E-state index contributed by atoms with van der Waals surface area (Å²) >= 11 is 0. The zero-order valence-electron chi connectivity index (χ0n) is 10.8. The summed E-state index contributed by atoms with van der Waals surface area (Å²) in [5, 5.41) is 9.29. The summed E-state index contributed by atoms with van der Waals surface area (Å²) < 4.78 is 10.3. The number of carbonyl (C=O) groups is 1. The number of methoxy groups -OCH3 is 2. The van der Waals surface area contributed by atoms with Gasteiger partial charge in [-0.3, -0.25) is 9.89 Å². The van der Waals surface area contributed by atoms with Gasteiger partial charge < -0.3 is 14.8 Å². The van der Waals surface area contributed by atoms with Gasteiger partial charge in [-0.15, -0.1) is 0 Å². The predicted octanol–water partition coefficient (Wildman–Crippen LogP) is 1.36. The van der Waals surface area contributed by atoms with Crippen LogP contribution in [0.4, 0.5) is 0 Å². The Morgan fingerprint density at radius 1 is 1.37 bits per heavy atom. The first-order valence-electron chi connectivity index (χ1n) is 5.72. The summed E-state index contributed by atoms with van der Waals surface area (Å²) in [5.41, 5.74) is 1.33. The van der Waals surface area contributed by atoms with Crippen LogP contribution in [-0.2, 0) is 6.54 Å². The average Bonchev–Trinajstić information content (AvgIpc) is 2.97. The highest BCUT2D eigenvalue weighted by Gasteiger charge is 2.13. The number of amides is 1. The van der Waals surface area contributed by atoms with Crippen molar-refractivity contribution in [3.63, 3.8) is 0 Å². The van der Waals surface area contributed by atoms with Crippen molar-refractivity contribution in [2.45, 2.75) is 6.54 Å². The van der Waals surface area contributed by atoms with Crippen molar-refractivity contribution in [2.75, 3.05) is 14.2 Å². The Morgan fingerprint density at radius 3 is 2.84 bits per heavy atom. The smallest absolute Gasteiger partial charge is 0.255 e. The number of ether oxygens (including phenoxy) is 2. The SMILES string of the molecule is COc1ccc(OC)c(C(=O)NCc2cn[nH]c2)c1. The number of nitrogens with zero attached hydrogens (tertiary/aromatic N) is 1. The van der Waals surface area contributed by atoms with Crippen LogP contribution in [0.3, 0.4) is 0 Å². The van der Waals surface area contributed by atoms with Gasteiger partial charge >= 0.3 is 0 Å². The Bertz CT molecular complexity index is 552. The molecule has 1 amide bonds. The standard InChI is InChI=1S/C13H15N3O3/c1-18-10-3-4-12(19-2)11(5-10)13(17)14-6-9-7-15-16-8-9/h3-5,7-8H,6H2,1-2H3,(H,14,17)(H,15,16). The van der Waals surface area contributed by atoms with Gasteiger partial charge in [0.15, 0.2) is 0 Å². The number of carbonyl (C=O) groups excluding carboxylic acids is 1. The molecule has 19 heavy (non-hydrogen) atoms. The molecule has 6 nitrogen and oxygen atoms in total. The van der Waals surface area contributed by atoms with Crippen LogP contribution >= 0.6 is 0 Å². The summed E-state index contributed by atoms with van der Waals surface area (Å²) in [4.78, 5) is 12.1. The van der Waals surface area contributed by atoms with Crippen molar-refractivity contribution in [1.29, 1.82) is 0 Å². The Labute approximate surface area is 110 Å². The minimum absolute atomic E-state index is 0.225. The van der Waals surface area contributed by atoms with E-state index in [0.717, 1.165) is 5.56 Å². The van der Waals surface area contributed by atoms with E-state index in [1.165, 1.54) is 7.11 Å². The minimum atomic E-state index is -0.225. The third-order valence-corrected chi connectivity index (χ3v) is 2.66. The van der Waals surface area contributed by atoms with Gasteiger partial charge in [0.05, 0.1) is 26.0 Å². The maximum Gasteiger partial charge on any atom is 0.255 e. The second-order valence-corrected chi connectivity index (χ2v) is 3.86. The molecular formula is C13H15N3O3. The molecule has 6 heteroatoms. The molecule has 0 aliphatic rings. The molecule has 0 spiro atoms. The number of benzene rings is 1. The normalized spacial score (nSPS) is 10.0. The van der Waals surface area contributed by atoms with E-state index in [4.69, 9.17) is 9.47 Å². The van der Waals surface area contributed by atoms with E-state index in [2.05, 4.69) is 15.5 Å². The lowest BCUT2D eigenvalue weighted by Crippen LogP contribution is -2.23. The summed E-state index contributed by atoms with van der Waals surface area (Å²) in [7, 11) is 3.07. The van der Waals surface area contributed by atoms with Gasteiger partial charge in [0.2, 0.25) is 0 Å². The minimum Gasteiger partial charge on any atom is -0.497 e. The Kier molecular flexibility index (Phi) is 4.02. The maximum atomic E-state index is 12.1. The van der Waals surface area contributed by atoms with E-state index in [1.54, 1.807) is 37.7 Å². The molecular weight excluding hydrogens is 246 g/mol. The molecule has 1 aromatic carbocycles. The molecule has 0 fully saturated rings. The Balaban J connectivity index is 2.12. The first-order valence-corrected chi connectivity index (χ1v) is 5.72. The molecule has 0 aliphatic heterocycles. The van der Waals surface area contributed by atoms with Crippen molar-refractivity contribution < 1.29 is 14.3 Å². The zero-order valence-corrected chi connectivity index (χ0v) is 10.8. The highest BCUT2D eigenvalue weighted by atomic mass is 16.5. The summed E-state index contributed by atoms with van der Waals surface area (Å²) in [6, 6.07) is 5.08. The molecule has 2 rings (SSSR count). The van der Waals surface area contributed by atoms with Gasteiger partial charge in [0, 0.05) is 18.3 Å². The molecule has 2 aromatic rings. The maximum absolute atomic E-state index is 12.1. The summed E-state index contributed by atoms with van der Waals surface area (Å²) in [5.74, 6) is 0.886. The van der Waals surface area contributed by atoms with E-state index in [1.807, 2.05) is 0 Å². The van der Waals surface area contributed by atoms with Crippen molar-refractivity contribution in [1.82, 2.24) is 15.5 Å². The number of H-pyrrole nitrogens is 1. The van der Waals surface area contributed by atoms with Crippen molar-refractivity contribution in [3.05, 3.63) is 41.7 Å².